The quantitative estimate of drug-likeness (QED) is 0.805. The lowest BCUT2D eigenvalue weighted by Gasteiger charge is -2.23. The molecule has 0 bridgehead atoms. The molecule has 5 nitrogen and oxygen atoms in total. The summed E-state index contributed by atoms with van der Waals surface area (Å²) in [5.41, 5.74) is -0.873. The maximum Gasteiger partial charge on any atom is 0.408 e. The molecule has 1 unspecified atom stereocenters. The third kappa shape index (κ3) is 9.15. The second kappa shape index (κ2) is 6.63. The minimum absolute atomic E-state index is 0.0802. The summed E-state index contributed by atoms with van der Waals surface area (Å²) in [6.07, 6.45) is -7.22. The number of carbonyl (C=O) groups excluding carboxylic acids is 2. The van der Waals surface area contributed by atoms with Crippen molar-refractivity contribution >= 4 is 12.1 Å². The predicted octanol–water partition coefficient (Wildman–Crippen LogP) is 2.40. The van der Waals surface area contributed by atoms with Crippen molar-refractivity contribution in [3.8, 4) is 0 Å². The fourth-order valence-corrected chi connectivity index (χ4v) is 1.12. The molecule has 0 saturated heterocycles. The van der Waals surface area contributed by atoms with E-state index in [0.717, 1.165) is 0 Å². The molecule has 0 aromatic heterocycles. The predicted molar refractivity (Wildman–Crippen MR) is 60.5 cm³/mol. The molecule has 112 valence electrons. The van der Waals surface area contributed by atoms with E-state index < -0.39 is 36.3 Å². The van der Waals surface area contributed by atoms with E-state index in [-0.39, 0.29) is 6.61 Å². The van der Waals surface area contributed by atoms with Crippen molar-refractivity contribution in [3.63, 3.8) is 0 Å². The summed E-state index contributed by atoms with van der Waals surface area (Å²) < 4.78 is 46.1. The van der Waals surface area contributed by atoms with Gasteiger partial charge in [-0.2, -0.15) is 13.2 Å². The Morgan fingerprint density at radius 3 is 2.11 bits per heavy atom. The van der Waals surface area contributed by atoms with E-state index in [2.05, 4.69) is 4.74 Å². The highest BCUT2D eigenvalue weighted by Gasteiger charge is 2.37. The number of esters is 1. The molecule has 0 aliphatic rings. The maximum absolute atomic E-state index is 12.3. The lowest BCUT2D eigenvalue weighted by Crippen LogP contribution is -2.46. The summed E-state index contributed by atoms with van der Waals surface area (Å²) in [5, 5.41) is 1.86. The molecule has 0 rings (SSSR count). The van der Waals surface area contributed by atoms with Gasteiger partial charge in [-0.05, 0) is 27.7 Å². The van der Waals surface area contributed by atoms with E-state index in [1.807, 2.05) is 5.32 Å². The van der Waals surface area contributed by atoms with Gasteiger partial charge in [0, 0.05) is 0 Å². The van der Waals surface area contributed by atoms with E-state index in [9.17, 15) is 22.8 Å². The summed E-state index contributed by atoms with van der Waals surface area (Å²) >= 11 is 0. The smallest absolute Gasteiger partial charge is 0.408 e. The Hall–Kier alpha value is -1.47. The number of nitrogens with one attached hydrogen (secondary N) is 1. The van der Waals surface area contributed by atoms with Gasteiger partial charge in [-0.1, -0.05) is 0 Å². The van der Waals surface area contributed by atoms with Crippen molar-refractivity contribution in [1.29, 1.82) is 0 Å². The standard InChI is InChI=1S/C11H18F3NO4/c1-5-18-8(16)7(6-11(12,13)14)15-9(17)19-10(2,3)4/h7H,5-6H2,1-4H3,(H,15,17). The zero-order chi connectivity index (χ0) is 15.3. The molecule has 0 aromatic carbocycles. The number of hydrogen-bond donors (Lipinski definition) is 1. The summed E-state index contributed by atoms with van der Waals surface area (Å²) in [4.78, 5) is 22.7. The third-order valence-electron chi connectivity index (χ3n) is 1.70. The van der Waals surface area contributed by atoms with E-state index in [4.69, 9.17) is 4.74 Å². The summed E-state index contributed by atoms with van der Waals surface area (Å²) in [6, 6.07) is -1.81. The molecule has 1 amide bonds. The van der Waals surface area contributed by atoms with Gasteiger partial charge in [-0.15, -0.1) is 0 Å². The van der Waals surface area contributed by atoms with Crippen LogP contribution in [0.5, 0.6) is 0 Å². The van der Waals surface area contributed by atoms with Gasteiger partial charge in [0.25, 0.3) is 0 Å². The van der Waals surface area contributed by atoms with Gasteiger partial charge in [-0.3, -0.25) is 0 Å². The molecule has 0 radical (unpaired) electrons. The number of alkyl carbamates (subject to hydrolysis) is 1. The van der Waals surface area contributed by atoms with Crippen LogP contribution in [0.3, 0.4) is 0 Å². The van der Waals surface area contributed by atoms with Crippen LogP contribution in [0.15, 0.2) is 0 Å². The van der Waals surface area contributed by atoms with Crippen molar-refractivity contribution in [2.45, 2.75) is 51.9 Å². The summed E-state index contributed by atoms with van der Waals surface area (Å²) in [5.74, 6) is -1.15. The number of rotatable bonds is 4. The number of alkyl halides is 3. The number of amides is 1. The molecule has 1 N–H and O–H groups in total. The van der Waals surface area contributed by atoms with Crippen molar-refractivity contribution in [1.82, 2.24) is 5.32 Å². The van der Waals surface area contributed by atoms with Crippen LogP contribution in [-0.2, 0) is 14.3 Å². The molecule has 8 heteroatoms. The Morgan fingerprint density at radius 2 is 1.74 bits per heavy atom. The SMILES string of the molecule is CCOC(=O)C(CC(F)(F)F)NC(=O)OC(C)(C)C. The highest BCUT2D eigenvalue weighted by Crippen LogP contribution is 2.22. The Balaban J connectivity index is 4.67. The molecule has 0 aromatic rings. The molecule has 0 heterocycles. The number of halogens is 3. The van der Waals surface area contributed by atoms with Crippen LogP contribution in [0.4, 0.5) is 18.0 Å². The lowest BCUT2D eigenvalue weighted by molar-refractivity contribution is -0.162. The zero-order valence-electron chi connectivity index (χ0n) is 11.3. The van der Waals surface area contributed by atoms with Gasteiger partial charge >= 0.3 is 18.2 Å². The Kier molecular flexibility index (Phi) is 6.11. The zero-order valence-corrected chi connectivity index (χ0v) is 11.3. The van der Waals surface area contributed by atoms with Crippen LogP contribution >= 0.6 is 0 Å². The monoisotopic (exact) mass is 285 g/mol. The summed E-state index contributed by atoms with van der Waals surface area (Å²) in [7, 11) is 0. The topological polar surface area (TPSA) is 64.6 Å². The highest BCUT2D eigenvalue weighted by atomic mass is 19.4. The van der Waals surface area contributed by atoms with Crippen LogP contribution < -0.4 is 5.32 Å². The normalized spacial score (nSPS) is 13.6. The van der Waals surface area contributed by atoms with Gasteiger partial charge in [0.05, 0.1) is 13.0 Å². The van der Waals surface area contributed by atoms with E-state index in [1.165, 1.54) is 6.92 Å². The number of ether oxygens (including phenoxy) is 2. The molecular formula is C11H18F3NO4. The number of hydrogen-bond acceptors (Lipinski definition) is 4. The summed E-state index contributed by atoms with van der Waals surface area (Å²) in [6.45, 7) is 6.03. The molecule has 0 fully saturated rings. The van der Waals surface area contributed by atoms with Gasteiger partial charge in [0.15, 0.2) is 0 Å². The van der Waals surface area contributed by atoms with Gasteiger partial charge in [-0.25, -0.2) is 9.59 Å². The van der Waals surface area contributed by atoms with Crippen molar-refractivity contribution in [2.75, 3.05) is 6.61 Å². The number of carbonyl (C=O) groups is 2. The second-order valence-corrected chi connectivity index (χ2v) is 4.77. The molecule has 1 atom stereocenters. The Bertz CT molecular complexity index is 323. The van der Waals surface area contributed by atoms with Crippen LogP contribution in [0.25, 0.3) is 0 Å². The first-order valence-corrected chi connectivity index (χ1v) is 5.67. The highest BCUT2D eigenvalue weighted by molar-refractivity contribution is 5.81. The molecule has 0 aliphatic carbocycles. The first-order valence-electron chi connectivity index (χ1n) is 5.67. The minimum atomic E-state index is -4.60. The molecule has 0 spiro atoms. The van der Waals surface area contributed by atoms with Crippen LogP contribution in [-0.4, -0.2) is 36.5 Å². The van der Waals surface area contributed by atoms with Gasteiger partial charge < -0.3 is 14.8 Å². The first kappa shape index (κ1) is 17.5. The van der Waals surface area contributed by atoms with E-state index >= 15 is 0 Å². The van der Waals surface area contributed by atoms with Crippen LogP contribution in [0.2, 0.25) is 0 Å². The molecule has 0 saturated carbocycles. The fourth-order valence-electron chi connectivity index (χ4n) is 1.12. The lowest BCUT2D eigenvalue weighted by atomic mass is 10.2. The second-order valence-electron chi connectivity index (χ2n) is 4.77. The van der Waals surface area contributed by atoms with Gasteiger partial charge in [0.2, 0.25) is 0 Å². The average Bonchev–Trinajstić information content (AvgIpc) is 2.11. The van der Waals surface area contributed by atoms with E-state index in [1.54, 1.807) is 20.8 Å². The maximum atomic E-state index is 12.3. The largest absolute Gasteiger partial charge is 0.464 e. The first-order chi connectivity index (χ1) is 8.44. The molecular weight excluding hydrogens is 267 g/mol. The van der Waals surface area contributed by atoms with Crippen LogP contribution in [0.1, 0.15) is 34.1 Å². The van der Waals surface area contributed by atoms with Crippen LogP contribution in [0, 0.1) is 0 Å². The fraction of sp³-hybridized carbons (Fsp3) is 0.818. The van der Waals surface area contributed by atoms with Gasteiger partial charge in [0.1, 0.15) is 11.6 Å². The molecule has 0 aliphatic heterocycles. The molecule has 19 heavy (non-hydrogen) atoms. The minimum Gasteiger partial charge on any atom is -0.464 e. The van der Waals surface area contributed by atoms with Crippen molar-refractivity contribution in [2.24, 2.45) is 0 Å². The average molecular weight is 285 g/mol. The van der Waals surface area contributed by atoms with Crippen molar-refractivity contribution in [3.05, 3.63) is 0 Å². The third-order valence-corrected chi connectivity index (χ3v) is 1.70. The Morgan fingerprint density at radius 1 is 1.21 bits per heavy atom. The Labute approximate surface area is 109 Å². The van der Waals surface area contributed by atoms with E-state index in [0.29, 0.717) is 0 Å². The van der Waals surface area contributed by atoms with Crippen molar-refractivity contribution < 1.29 is 32.2 Å².